The van der Waals surface area contributed by atoms with Crippen molar-refractivity contribution in [3.05, 3.63) is 82.1 Å². The minimum atomic E-state index is -4.11. The van der Waals surface area contributed by atoms with E-state index in [4.69, 9.17) is 0 Å². The molecule has 0 saturated carbocycles. The summed E-state index contributed by atoms with van der Waals surface area (Å²) < 4.78 is 53.6. The lowest BCUT2D eigenvalue weighted by atomic mass is 10.1. The molecule has 0 radical (unpaired) electrons. The highest BCUT2D eigenvalue weighted by Gasteiger charge is 2.20. The number of carbonyl (C=O) groups excluding carboxylic acids is 1. The van der Waals surface area contributed by atoms with Gasteiger partial charge in [0.25, 0.3) is 15.9 Å². The van der Waals surface area contributed by atoms with E-state index in [0.717, 1.165) is 30.8 Å². The third kappa shape index (κ3) is 6.16. The molecule has 0 saturated heterocycles. The minimum absolute atomic E-state index is 0.0531. The average molecular weight is 494 g/mol. The molecule has 1 atom stereocenters. The number of nitrogens with zero attached hydrogens (tertiary/aromatic N) is 1. The molecule has 2 aromatic carbocycles. The van der Waals surface area contributed by atoms with Gasteiger partial charge in [0.2, 0.25) is 0 Å². The number of halogens is 2. The molecule has 1 aromatic heterocycles. The summed E-state index contributed by atoms with van der Waals surface area (Å²) in [6.07, 6.45) is 0. The number of sulfonamides is 1. The summed E-state index contributed by atoms with van der Waals surface area (Å²) in [4.78, 5) is 14.5. The van der Waals surface area contributed by atoms with E-state index in [1.807, 2.05) is 11.4 Å². The number of nitrogens with one attached hydrogen (secondary N) is 2. The largest absolute Gasteiger partial charge is 0.350 e. The molecule has 176 valence electrons. The number of benzene rings is 2. The van der Waals surface area contributed by atoms with E-state index in [2.05, 4.69) is 34.2 Å². The summed E-state index contributed by atoms with van der Waals surface area (Å²) >= 11 is 1.61. The smallest absolute Gasteiger partial charge is 0.261 e. The number of hydrogen-bond acceptors (Lipinski definition) is 5. The zero-order chi connectivity index (χ0) is 24.0. The van der Waals surface area contributed by atoms with Crippen molar-refractivity contribution in [1.29, 1.82) is 0 Å². The highest BCUT2D eigenvalue weighted by molar-refractivity contribution is 7.92. The van der Waals surface area contributed by atoms with Gasteiger partial charge in [-0.1, -0.05) is 13.8 Å². The van der Waals surface area contributed by atoms with E-state index in [9.17, 15) is 22.0 Å². The number of anilines is 1. The summed E-state index contributed by atoms with van der Waals surface area (Å²) in [7, 11) is -4.11. The molecular weight excluding hydrogens is 468 g/mol. The van der Waals surface area contributed by atoms with E-state index < -0.39 is 26.6 Å². The molecule has 10 heteroatoms. The standard InChI is InChI=1S/C23H25F2N3O3S2/c1-3-28(4-2)22(17-11-12-32-15-17)14-26-23(29)16-5-7-18(8-6-16)27-33(30,31)19-9-10-20(24)21(25)13-19/h5-13,15,22,27H,3-4,14H2,1-2H3,(H,26,29). The number of hydrogen-bond donors (Lipinski definition) is 2. The lowest BCUT2D eigenvalue weighted by molar-refractivity contribution is 0.0935. The Hall–Kier alpha value is -2.82. The van der Waals surface area contributed by atoms with Crippen molar-refractivity contribution < 1.29 is 22.0 Å². The number of likely N-dealkylation sites (N-methyl/N-ethyl adjacent to an activating group) is 1. The fraction of sp³-hybridized carbons (Fsp3) is 0.261. The molecule has 0 spiro atoms. The molecule has 2 N–H and O–H groups in total. The summed E-state index contributed by atoms with van der Waals surface area (Å²) in [5, 5.41) is 7.03. The Kier molecular flexibility index (Phi) is 8.17. The van der Waals surface area contributed by atoms with Crippen LogP contribution >= 0.6 is 11.3 Å². The van der Waals surface area contributed by atoms with E-state index >= 15 is 0 Å². The number of rotatable bonds is 10. The SMILES string of the molecule is CCN(CC)C(CNC(=O)c1ccc(NS(=O)(=O)c2ccc(F)c(F)c2)cc1)c1ccsc1. The molecule has 3 aromatic rings. The van der Waals surface area contributed by atoms with Gasteiger partial charge in [0, 0.05) is 17.8 Å². The Morgan fingerprint density at radius 3 is 2.30 bits per heavy atom. The van der Waals surface area contributed by atoms with Crippen LogP contribution in [0, 0.1) is 11.6 Å². The van der Waals surface area contributed by atoms with Crippen molar-refractivity contribution >= 4 is 33.0 Å². The first-order valence-electron chi connectivity index (χ1n) is 10.4. The summed E-state index contributed by atoms with van der Waals surface area (Å²) in [5.41, 5.74) is 1.70. The lowest BCUT2D eigenvalue weighted by Gasteiger charge is -2.29. The monoisotopic (exact) mass is 493 g/mol. The van der Waals surface area contributed by atoms with Gasteiger partial charge < -0.3 is 5.32 Å². The highest BCUT2D eigenvalue weighted by atomic mass is 32.2. The third-order valence-corrected chi connectivity index (χ3v) is 7.32. The zero-order valence-electron chi connectivity index (χ0n) is 18.2. The van der Waals surface area contributed by atoms with Gasteiger partial charge in [0.05, 0.1) is 10.9 Å². The van der Waals surface area contributed by atoms with Gasteiger partial charge in [-0.05, 0) is 77.9 Å². The number of thiophene rings is 1. The number of amides is 1. The van der Waals surface area contributed by atoms with Crippen LogP contribution in [0.1, 0.15) is 35.8 Å². The van der Waals surface area contributed by atoms with Gasteiger partial charge in [-0.3, -0.25) is 14.4 Å². The van der Waals surface area contributed by atoms with E-state index in [-0.39, 0.29) is 17.6 Å². The predicted molar refractivity (Wildman–Crippen MR) is 126 cm³/mol. The molecule has 1 amide bonds. The highest BCUT2D eigenvalue weighted by Crippen LogP contribution is 2.23. The van der Waals surface area contributed by atoms with Crippen LogP contribution in [0.5, 0.6) is 0 Å². The molecule has 0 aliphatic heterocycles. The van der Waals surface area contributed by atoms with Crippen LogP contribution in [0.2, 0.25) is 0 Å². The van der Waals surface area contributed by atoms with Crippen LogP contribution in [0.25, 0.3) is 0 Å². The van der Waals surface area contributed by atoms with Crippen LogP contribution in [0.15, 0.2) is 64.2 Å². The van der Waals surface area contributed by atoms with Crippen molar-refractivity contribution in [2.75, 3.05) is 24.4 Å². The Labute approximate surface area is 196 Å². The average Bonchev–Trinajstić information content (AvgIpc) is 3.33. The van der Waals surface area contributed by atoms with E-state index in [0.29, 0.717) is 18.2 Å². The molecule has 1 heterocycles. The van der Waals surface area contributed by atoms with Crippen molar-refractivity contribution in [2.24, 2.45) is 0 Å². The van der Waals surface area contributed by atoms with Crippen molar-refractivity contribution in [3.63, 3.8) is 0 Å². The second kappa shape index (κ2) is 10.9. The maximum absolute atomic E-state index is 13.4. The quantitative estimate of drug-likeness (QED) is 0.431. The minimum Gasteiger partial charge on any atom is -0.350 e. The van der Waals surface area contributed by atoms with Crippen LogP contribution in [-0.2, 0) is 10.0 Å². The first-order chi connectivity index (χ1) is 15.7. The summed E-state index contributed by atoms with van der Waals surface area (Å²) in [6, 6.07) is 10.3. The Morgan fingerprint density at radius 2 is 1.73 bits per heavy atom. The fourth-order valence-electron chi connectivity index (χ4n) is 3.43. The van der Waals surface area contributed by atoms with Gasteiger partial charge >= 0.3 is 0 Å². The molecule has 6 nitrogen and oxygen atoms in total. The van der Waals surface area contributed by atoms with Crippen molar-refractivity contribution in [2.45, 2.75) is 24.8 Å². The Morgan fingerprint density at radius 1 is 1.03 bits per heavy atom. The molecule has 3 rings (SSSR count). The van der Waals surface area contributed by atoms with E-state index in [1.165, 1.54) is 24.3 Å². The molecule has 0 bridgehead atoms. The normalized spacial score (nSPS) is 12.5. The topological polar surface area (TPSA) is 78.5 Å². The van der Waals surface area contributed by atoms with Gasteiger partial charge in [-0.25, -0.2) is 17.2 Å². The van der Waals surface area contributed by atoms with E-state index in [1.54, 1.807) is 11.3 Å². The fourth-order valence-corrected chi connectivity index (χ4v) is 5.20. The van der Waals surface area contributed by atoms with Crippen LogP contribution in [0.3, 0.4) is 0 Å². The van der Waals surface area contributed by atoms with Crippen LogP contribution in [0.4, 0.5) is 14.5 Å². The van der Waals surface area contributed by atoms with Gasteiger partial charge in [0.15, 0.2) is 11.6 Å². The molecule has 0 fully saturated rings. The maximum atomic E-state index is 13.4. The van der Waals surface area contributed by atoms with Crippen LogP contribution < -0.4 is 10.0 Å². The first-order valence-corrected chi connectivity index (χ1v) is 12.8. The Balaban J connectivity index is 1.66. The maximum Gasteiger partial charge on any atom is 0.261 e. The molecule has 0 aliphatic rings. The lowest BCUT2D eigenvalue weighted by Crippen LogP contribution is -2.37. The van der Waals surface area contributed by atoms with Crippen molar-refractivity contribution in [3.8, 4) is 0 Å². The zero-order valence-corrected chi connectivity index (χ0v) is 19.8. The summed E-state index contributed by atoms with van der Waals surface area (Å²) in [6.45, 7) is 6.27. The summed E-state index contributed by atoms with van der Waals surface area (Å²) in [5.74, 6) is -2.67. The van der Waals surface area contributed by atoms with Crippen molar-refractivity contribution in [1.82, 2.24) is 10.2 Å². The molecule has 0 aliphatic carbocycles. The molecular formula is C23H25F2N3O3S2. The first kappa shape index (κ1) is 24.8. The van der Waals surface area contributed by atoms with Gasteiger partial charge in [0.1, 0.15) is 0 Å². The van der Waals surface area contributed by atoms with Crippen LogP contribution in [-0.4, -0.2) is 38.9 Å². The molecule has 33 heavy (non-hydrogen) atoms. The Bertz CT molecular complexity index is 1180. The third-order valence-electron chi connectivity index (χ3n) is 5.24. The van der Waals surface area contributed by atoms with Gasteiger partial charge in [-0.15, -0.1) is 0 Å². The second-order valence-electron chi connectivity index (χ2n) is 7.26. The second-order valence-corrected chi connectivity index (χ2v) is 9.72. The number of carbonyl (C=O) groups is 1. The molecule has 1 unspecified atom stereocenters. The van der Waals surface area contributed by atoms with Gasteiger partial charge in [-0.2, -0.15) is 11.3 Å². The predicted octanol–water partition coefficient (Wildman–Crippen LogP) is 4.64.